The molecule has 4 nitrogen and oxygen atoms in total. The smallest absolute Gasteiger partial charge is 0.180 e. The van der Waals surface area contributed by atoms with Crippen LogP contribution in [0.25, 0.3) is 0 Å². The number of halogens is 4. The van der Waals surface area contributed by atoms with Gasteiger partial charge in [0.15, 0.2) is 11.5 Å². The fourth-order valence-electron chi connectivity index (χ4n) is 4.12. The molecule has 0 atom stereocenters. The summed E-state index contributed by atoms with van der Waals surface area (Å²) in [4.78, 5) is 2.36. The first-order chi connectivity index (χ1) is 16.9. The monoisotopic (exact) mass is 552 g/mol. The summed E-state index contributed by atoms with van der Waals surface area (Å²) in [5.74, 6) is 1.09. The van der Waals surface area contributed by atoms with Crippen LogP contribution in [0.2, 0.25) is 20.1 Å². The number of nitrogens with zero attached hydrogens (tertiary/aromatic N) is 1. The van der Waals surface area contributed by atoms with E-state index in [1.165, 1.54) is 19.3 Å². The standard InChI is InChI=1S/C27H28Cl4N2O2/c1-2-34-26-14-19(13-24(31)27(26)35-17-18-6-8-21(28)22(29)12-18)16-32-20-7-9-25(23(30)15-20)33-10-4-3-5-11-33/h6-9,12-15,32H,2-5,10-11,16-17H2,1H3. The molecule has 0 unspecified atom stereocenters. The Bertz CT molecular complexity index is 1170. The van der Waals surface area contributed by atoms with Gasteiger partial charge in [-0.25, -0.2) is 0 Å². The summed E-state index contributed by atoms with van der Waals surface area (Å²) in [6.45, 7) is 5.38. The lowest BCUT2D eigenvalue weighted by atomic mass is 10.1. The predicted molar refractivity (Wildman–Crippen MR) is 148 cm³/mol. The van der Waals surface area contributed by atoms with Gasteiger partial charge in [-0.05, 0) is 79.8 Å². The Kier molecular flexibility index (Phi) is 9.18. The number of rotatable bonds is 9. The molecule has 1 heterocycles. The number of benzene rings is 3. The maximum absolute atomic E-state index is 6.61. The van der Waals surface area contributed by atoms with E-state index in [0.29, 0.717) is 39.7 Å². The maximum Gasteiger partial charge on any atom is 0.180 e. The third-order valence-corrected chi connectivity index (χ3v) is 7.20. The van der Waals surface area contributed by atoms with E-state index in [4.69, 9.17) is 55.9 Å². The molecule has 1 fully saturated rings. The minimum Gasteiger partial charge on any atom is -0.490 e. The van der Waals surface area contributed by atoms with Crippen molar-refractivity contribution < 1.29 is 9.47 Å². The molecular formula is C27H28Cl4N2O2. The van der Waals surface area contributed by atoms with Crippen molar-refractivity contribution in [3.8, 4) is 11.5 Å². The highest BCUT2D eigenvalue weighted by atomic mass is 35.5. The first-order valence-corrected chi connectivity index (χ1v) is 13.3. The summed E-state index contributed by atoms with van der Waals surface area (Å²) in [5, 5.41) is 5.65. The first-order valence-electron chi connectivity index (χ1n) is 11.7. The molecule has 1 aliphatic rings. The number of nitrogens with one attached hydrogen (secondary N) is 1. The molecule has 1 N–H and O–H groups in total. The highest BCUT2D eigenvalue weighted by Crippen LogP contribution is 2.38. The minimum absolute atomic E-state index is 0.288. The molecule has 4 rings (SSSR count). The van der Waals surface area contributed by atoms with Crippen LogP contribution in [-0.4, -0.2) is 19.7 Å². The Morgan fingerprint density at radius 2 is 1.54 bits per heavy atom. The molecule has 0 amide bonds. The number of hydrogen-bond donors (Lipinski definition) is 1. The summed E-state index contributed by atoms with van der Waals surface area (Å²) in [6, 6.07) is 15.3. The van der Waals surface area contributed by atoms with Crippen LogP contribution < -0.4 is 19.7 Å². The van der Waals surface area contributed by atoms with Crippen molar-refractivity contribution in [2.24, 2.45) is 0 Å². The Morgan fingerprint density at radius 1 is 0.771 bits per heavy atom. The third kappa shape index (κ3) is 6.83. The van der Waals surface area contributed by atoms with Crippen LogP contribution in [0.1, 0.15) is 37.3 Å². The van der Waals surface area contributed by atoms with Gasteiger partial charge < -0.3 is 19.7 Å². The normalized spacial score (nSPS) is 13.6. The van der Waals surface area contributed by atoms with E-state index in [9.17, 15) is 0 Å². The lowest BCUT2D eigenvalue weighted by Gasteiger charge is -2.29. The van der Waals surface area contributed by atoms with E-state index in [-0.39, 0.29) is 6.61 Å². The van der Waals surface area contributed by atoms with Gasteiger partial charge in [-0.3, -0.25) is 0 Å². The Balaban J connectivity index is 1.44. The Hall–Kier alpha value is -1.98. The van der Waals surface area contributed by atoms with Crippen molar-refractivity contribution in [3.63, 3.8) is 0 Å². The fraction of sp³-hybridized carbons (Fsp3) is 0.333. The minimum atomic E-state index is 0.288. The summed E-state index contributed by atoms with van der Waals surface area (Å²) < 4.78 is 11.8. The van der Waals surface area contributed by atoms with E-state index >= 15 is 0 Å². The second-order valence-electron chi connectivity index (χ2n) is 8.44. The number of anilines is 2. The summed E-state index contributed by atoms with van der Waals surface area (Å²) in [7, 11) is 0. The second-order valence-corrected chi connectivity index (χ2v) is 10.1. The average Bonchev–Trinajstić information content (AvgIpc) is 2.85. The van der Waals surface area contributed by atoms with Gasteiger partial charge >= 0.3 is 0 Å². The molecule has 0 saturated carbocycles. The zero-order valence-corrected chi connectivity index (χ0v) is 22.6. The molecule has 1 aliphatic heterocycles. The van der Waals surface area contributed by atoms with Crippen molar-refractivity contribution in [2.45, 2.75) is 39.3 Å². The van der Waals surface area contributed by atoms with Crippen LogP contribution in [-0.2, 0) is 13.2 Å². The van der Waals surface area contributed by atoms with Gasteiger partial charge in [0.25, 0.3) is 0 Å². The van der Waals surface area contributed by atoms with Crippen molar-refractivity contribution in [1.29, 1.82) is 0 Å². The van der Waals surface area contributed by atoms with E-state index < -0.39 is 0 Å². The highest BCUT2D eigenvalue weighted by Gasteiger charge is 2.16. The molecule has 0 aromatic heterocycles. The van der Waals surface area contributed by atoms with E-state index in [2.05, 4.69) is 22.3 Å². The third-order valence-electron chi connectivity index (χ3n) is 5.88. The molecule has 8 heteroatoms. The predicted octanol–water partition coefficient (Wildman–Crippen LogP) is 8.88. The fourth-order valence-corrected chi connectivity index (χ4v) is 5.03. The number of ether oxygens (including phenoxy) is 2. The van der Waals surface area contributed by atoms with Gasteiger partial charge in [0.2, 0.25) is 0 Å². The summed E-state index contributed by atoms with van der Waals surface area (Å²) in [5.41, 5.74) is 3.90. The zero-order chi connectivity index (χ0) is 24.8. The van der Waals surface area contributed by atoms with Crippen LogP contribution in [0, 0.1) is 0 Å². The van der Waals surface area contributed by atoms with Gasteiger partial charge in [0.1, 0.15) is 6.61 Å². The SMILES string of the molecule is CCOc1cc(CNc2ccc(N3CCCCC3)c(Cl)c2)cc(Cl)c1OCc1ccc(Cl)c(Cl)c1. The van der Waals surface area contributed by atoms with Crippen LogP contribution in [0.3, 0.4) is 0 Å². The molecule has 3 aromatic rings. The van der Waals surface area contributed by atoms with Crippen molar-refractivity contribution >= 4 is 57.8 Å². The van der Waals surface area contributed by atoms with Crippen LogP contribution in [0.4, 0.5) is 11.4 Å². The number of hydrogen-bond acceptors (Lipinski definition) is 4. The Labute approximate surface area is 227 Å². The molecule has 35 heavy (non-hydrogen) atoms. The van der Waals surface area contributed by atoms with Crippen molar-refractivity contribution in [1.82, 2.24) is 0 Å². The average molecular weight is 554 g/mol. The number of piperidine rings is 1. The topological polar surface area (TPSA) is 33.7 Å². The highest BCUT2D eigenvalue weighted by molar-refractivity contribution is 6.42. The molecule has 3 aromatic carbocycles. The van der Waals surface area contributed by atoms with E-state index in [0.717, 1.165) is 40.6 Å². The van der Waals surface area contributed by atoms with Crippen molar-refractivity contribution in [2.75, 3.05) is 29.9 Å². The van der Waals surface area contributed by atoms with Crippen LogP contribution in [0.5, 0.6) is 11.5 Å². The zero-order valence-electron chi connectivity index (χ0n) is 19.6. The maximum atomic E-state index is 6.61. The second kappa shape index (κ2) is 12.3. The van der Waals surface area contributed by atoms with Crippen molar-refractivity contribution in [3.05, 3.63) is 79.7 Å². The molecule has 0 spiro atoms. The van der Waals surface area contributed by atoms with E-state index in [1.807, 2.05) is 31.2 Å². The molecule has 0 bridgehead atoms. The van der Waals surface area contributed by atoms with Crippen LogP contribution in [0.15, 0.2) is 48.5 Å². The van der Waals surface area contributed by atoms with E-state index in [1.54, 1.807) is 12.1 Å². The first kappa shape index (κ1) is 26.1. The van der Waals surface area contributed by atoms with Gasteiger partial charge in [0.05, 0.1) is 32.4 Å². The van der Waals surface area contributed by atoms with Crippen LogP contribution >= 0.6 is 46.4 Å². The largest absolute Gasteiger partial charge is 0.490 e. The lowest BCUT2D eigenvalue weighted by molar-refractivity contribution is 0.269. The lowest BCUT2D eigenvalue weighted by Crippen LogP contribution is -2.29. The van der Waals surface area contributed by atoms with Gasteiger partial charge in [-0.2, -0.15) is 0 Å². The molecule has 0 aliphatic carbocycles. The van der Waals surface area contributed by atoms with Gasteiger partial charge in [-0.15, -0.1) is 0 Å². The quantitative estimate of drug-likeness (QED) is 0.287. The molecule has 186 valence electrons. The van der Waals surface area contributed by atoms with Gasteiger partial charge in [0, 0.05) is 25.3 Å². The molecular weight excluding hydrogens is 526 g/mol. The molecule has 0 radical (unpaired) electrons. The molecule has 1 saturated heterocycles. The Morgan fingerprint density at radius 3 is 2.26 bits per heavy atom. The van der Waals surface area contributed by atoms with Gasteiger partial charge in [-0.1, -0.05) is 52.5 Å². The summed E-state index contributed by atoms with van der Waals surface area (Å²) in [6.07, 6.45) is 3.72. The summed E-state index contributed by atoms with van der Waals surface area (Å²) >= 11 is 25.3.